The number of hydrogen-bond acceptors (Lipinski definition) is 3. The van der Waals surface area contributed by atoms with Crippen molar-refractivity contribution < 1.29 is 4.79 Å². The van der Waals surface area contributed by atoms with Gasteiger partial charge in [-0.3, -0.25) is 4.79 Å². The van der Waals surface area contributed by atoms with Gasteiger partial charge in [0, 0.05) is 10.6 Å². The molecule has 0 aliphatic heterocycles. The third kappa shape index (κ3) is 3.31. The Morgan fingerprint density at radius 2 is 1.92 bits per heavy atom. The summed E-state index contributed by atoms with van der Waals surface area (Å²) in [6, 6.07) is 12.0. The first-order valence-electron chi connectivity index (χ1n) is 7.86. The molecule has 0 unspecified atom stereocenters. The van der Waals surface area contributed by atoms with Gasteiger partial charge in [0.05, 0.1) is 11.0 Å². The van der Waals surface area contributed by atoms with Crippen LogP contribution in [0, 0.1) is 20.8 Å². The normalized spacial score (nSPS) is 11.0. The van der Waals surface area contributed by atoms with Crippen LogP contribution in [0.5, 0.6) is 0 Å². The van der Waals surface area contributed by atoms with Gasteiger partial charge in [-0.05, 0) is 68.5 Å². The molecule has 0 spiro atoms. The first-order chi connectivity index (χ1) is 11.5. The van der Waals surface area contributed by atoms with Crippen LogP contribution in [0.15, 0.2) is 41.3 Å². The summed E-state index contributed by atoms with van der Waals surface area (Å²) < 4.78 is 1.97. The number of carbonyl (C=O) groups is 1. The molecule has 5 heteroatoms. The zero-order valence-corrected chi connectivity index (χ0v) is 15.2. The van der Waals surface area contributed by atoms with Crippen molar-refractivity contribution >= 4 is 34.4 Å². The summed E-state index contributed by atoms with van der Waals surface area (Å²) >= 11 is 1.66. The Balaban J connectivity index is 1.85. The van der Waals surface area contributed by atoms with Crippen LogP contribution in [0.2, 0.25) is 0 Å². The highest BCUT2D eigenvalue weighted by Crippen LogP contribution is 2.22. The topological polar surface area (TPSA) is 46.9 Å². The van der Waals surface area contributed by atoms with Crippen molar-refractivity contribution in [1.82, 2.24) is 9.55 Å². The van der Waals surface area contributed by atoms with E-state index in [1.54, 1.807) is 11.8 Å². The number of thioether (sulfide) groups is 1. The first kappa shape index (κ1) is 16.6. The highest BCUT2D eigenvalue weighted by molar-refractivity contribution is 7.98. The highest BCUT2D eigenvalue weighted by Gasteiger charge is 2.12. The molecule has 1 amide bonds. The Morgan fingerprint density at radius 1 is 1.17 bits per heavy atom. The standard InChI is InChI=1S/C19H21N3OS/c1-12-8-17-18(9-13(12)2)22(14(3)20-17)11-19(23)21-15-6-5-7-16(10-15)24-4/h5-10H,11H2,1-4H3,(H,21,23). The number of nitrogens with one attached hydrogen (secondary N) is 1. The van der Waals surface area contributed by atoms with Crippen molar-refractivity contribution in [2.24, 2.45) is 0 Å². The van der Waals surface area contributed by atoms with Crippen LogP contribution in [0.4, 0.5) is 5.69 Å². The molecular weight excluding hydrogens is 318 g/mol. The maximum atomic E-state index is 12.5. The second-order valence-corrected chi connectivity index (χ2v) is 6.83. The van der Waals surface area contributed by atoms with Crippen molar-refractivity contribution in [3.63, 3.8) is 0 Å². The van der Waals surface area contributed by atoms with Crippen molar-refractivity contribution in [3.05, 3.63) is 53.3 Å². The predicted octanol–water partition coefficient (Wildman–Crippen LogP) is 4.32. The van der Waals surface area contributed by atoms with Gasteiger partial charge in [0.2, 0.25) is 5.91 Å². The van der Waals surface area contributed by atoms with E-state index in [1.165, 1.54) is 11.1 Å². The van der Waals surface area contributed by atoms with Crippen molar-refractivity contribution in [1.29, 1.82) is 0 Å². The van der Waals surface area contributed by atoms with E-state index in [9.17, 15) is 4.79 Å². The number of amides is 1. The molecule has 2 aromatic carbocycles. The summed E-state index contributed by atoms with van der Waals surface area (Å²) in [6.07, 6.45) is 2.02. The zero-order valence-electron chi connectivity index (χ0n) is 14.4. The summed E-state index contributed by atoms with van der Waals surface area (Å²) in [6.45, 7) is 6.35. The quantitative estimate of drug-likeness (QED) is 0.720. The van der Waals surface area contributed by atoms with Crippen molar-refractivity contribution in [2.75, 3.05) is 11.6 Å². The molecule has 1 heterocycles. The maximum Gasteiger partial charge on any atom is 0.244 e. The minimum absolute atomic E-state index is 0.0473. The Labute approximate surface area is 146 Å². The van der Waals surface area contributed by atoms with E-state index in [2.05, 4.69) is 36.3 Å². The fourth-order valence-electron chi connectivity index (χ4n) is 2.74. The van der Waals surface area contributed by atoms with Gasteiger partial charge in [-0.1, -0.05) is 6.07 Å². The second kappa shape index (κ2) is 6.69. The van der Waals surface area contributed by atoms with Crippen LogP contribution < -0.4 is 5.32 Å². The molecule has 124 valence electrons. The number of anilines is 1. The molecule has 0 bridgehead atoms. The Kier molecular flexibility index (Phi) is 4.62. The molecular formula is C19H21N3OS. The number of imidazole rings is 1. The van der Waals surface area contributed by atoms with Crippen LogP contribution in [-0.2, 0) is 11.3 Å². The van der Waals surface area contributed by atoms with E-state index in [1.807, 2.05) is 42.0 Å². The number of rotatable bonds is 4. The molecule has 3 rings (SSSR count). The number of benzene rings is 2. The van der Waals surface area contributed by atoms with E-state index < -0.39 is 0 Å². The van der Waals surface area contributed by atoms with E-state index in [-0.39, 0.29) is 12.5 Å². The summed E-state index contributed by atoms with van der Waals surface area (Å²) in [5, 5.41) is 2.97. The van der Waals surface area contributed by atoms with E-state index in [4.69, 9.17) is 0 Å². The lowest BCUT2D eigenvalue weighted by molar-refractivity contribution is -0.116. The number of nitrogens with zero attached hydrogens (tertiary/aromatic N) is 2. The van der Waals surface area contributed by atoms with Gasteiger partial charge in [-0.25, -0.2) is 4.98 Å². The van der Waals surface area contributed by atoms with Gasteiger partial charge >= 0.3 is 0 Å². The molecule has 24 heavy (non-hydrogen) atoms. The molecule has 0 saturated carbocycles. The van der Waals surface area contributed by atoms with E-state index in [0.717, 1.165) is 27.4 Å². The molecule has 0 aliphatic carbocycles. The van der Waals surface area contributed by atoms with Gasteiger partial charge in [0.15, 0.2) is 0 Å². The molecule has 0 radical (unpaired) electrons. The smallest absolute Gasteiger partial charge is 0.244 e. The fraction of sp³-hybridized carbons (Fsp3) is 0.263. The lowest BCUT2D eigenvalue weighted by Crippen LogP contribution is -2.19. The third-order valence-electron chi connectivity index (χ3n) is 4.21. The molecule has 0 saturated heterocycles. The van der Waals surface area contributed by atoms with Crippen LogP contribution in [0.3, 0.4) is 0 Å². The summed E-state index contributed by atoms with van der Waals surface area (Å²) in [5.41, 5.74) is 5.18. The third-order valence-corrected chi connectivity index (χ3v) is 4.94. The summed E-state index contributed by atoms with van der Waals surface area (Å²) in [4.78, 5) is 18.2. The minimum Gasteiger partial charge on any atom is -0.324 e. The Morgan fingerprint density at radius 3 is 2.67 bits per heavy atom. The molecule has 1 N–H and O–H groups in total. The average molecular weight is 339 g/mol. The SMILES string of the molecule is CSc1cccc(NC(=O)Cn2c(C)nc3cc(C)c(C)cc32)c1. The fourth-order valence-corrected chi connectivity index (χ4v) is 3.20. The zero-order chi connectivity index (χ0) is 17.3. The number of hydrogen-bond donors (Lipinski definition) is 1. The highest BCUT2D eigenvalue weighted by atomic mass is 32.2. The molecule has 0 aliphatic rings. The van der Waals surface area contributed by atoms with Crippen LogP contribution in [0.25, 0.3) is 11.0 Å². The van der Waals surface area contributed by atoms with Crippen LogP contribution in [0.1, 0.15) is 17.0 Å². The Bertz CT molecular complexity index is 914. The number of aromatic nitrogens is 2. The van der Waals surface area contributed by atoms with Gasteiger partial charge < -0.3 is 9.88 Å². The Hall–Kier alpha value is -2.27. The lowest BCUT2D eigenvalue weighted by Gasteiger charge is -2.10. The largest absolute Gasteiger partial charge is 0.324 e. The summed E-state index contributed by atoms with van der Waals surface area (Å²) in [5.74, 6) is 0.803. The van der Waals surface area contributed by atoms with Crippen molar-refractivity contribution in [3.8, 4) is 0 Å². The van der Waals surface area contributed by atoms with Gasteiger partial charge in [-0.15, -0.1) is 11.8 Å². The van der Waals surface area contributed by atoms with E-state index >= 15 is 0 Å². The minimum atomic E-state index is -0.0473. The molecule has 0 atom stereocenters. The van der Waals surface area contributed by atoms with Gasteiger partial charge in [0.1, 0.15) is 12.4 Å². The summed E-state index contributed by atoms with van der Waals surface area (Å²) in [7, 11) is 0. The van der Waals surface area contributed by atoms with E-state index in [0.29, 0.717) is 0 Å². The van der Waals surface area contributed by atoms with Crippen molar-refractivity contribution in [2.45, 2.75) is 32.2 Å². The molecule has 3 aromatic rings. The van der Waals surface area contributed by atoms with Crippen LogP contribution >= 0.6 is 11.8 Å². The first-order valence-corrected chi connectivity index (χ1v) is 9.08. The maximum absolute atomic E-state index is 12.5. The second-order valence-electron chi connectivity index (χ2n) is 5.95. The lowest BCUT2D eigenvalue weighted by atomic mass is 10.1. The number of aryl methyl sites for hydroxylation is 3. The van der Waals surface area contributed by atoms with Gasteiger partial charge in [-0.2, -0.15) is 0 Å². The monoisotopic (exact) mass is 339 g/mol. The molecule has 1 aromatic heterocycles. The number of carbonyl (C=O) groups excluding carboxylic acids is 1. The molecule has 4 nitrogen and oxygen atoms in total. The predicted molar refractivity (Wildman–Crippen MR) is 101 cm³/mol. The molecule has 0 fully saturated rings. The van der Waals surface area contributed by atoms with Gasteiger partial charge in [0.25, 0.3) is 0 Å². The van der Waals surface area contributed by atoms with Crippen LogP contribution in [-0.4, -0.2) is 21.7 Å². The number of fused-ring (bicyclic) bond motifs is 1. The average Bonchev–Trinajstić information content (AvgIpc) is 2.83.